The van der Waals surface area contributed by atoms with Crippen LogP contribution in [0, 0.1) is 19.7 Å². The fourth-order valence-corrected chi connectivity index (χ4v) is 3.05. The van der Waals surface area contributed by atoms with Crippen molar-refractivity contribution >= 4 is 5.96 Å². The summed E-state index contributed by atoms with van der Waals surface area (Å²) in [6.07, 6.45) is 1.57. The summed E-state index contributed by atoms with van der Waals surface area (Å²) < 4.78 is 21.2. The molecular formula is C23H29FN6O. The summed E-state index contributed by atoms with van der Waals surface area (Å²) in [4.78, 5) is 9.12. The Kier molecular flexibility index (Phi) is 7.59. The zero-order valence-corrected chi connectivity index (χ0v) is 18.4. The highest BCUT2D eigenvalue weighted by molar-refractivity contribution is 5.79. The minimum atomic E-state index is -0.369. The summed E-state index contributed by atoms with van der Waals surface area (Å²) in [5.74, 6) is 1.32. The molecule has 0 amide bonds. The van der Waals surface area contributed by atoms with E-state index in [2.05, 4.69) is 25.7 Å². The molecule has 0 aliphatic rings. The van der Waals surface area contributed by atoms with Crippen LogP contribution in [0.3, 0.4) is 0 Å². The quantitative estimate of drug-likeness (QED) is 0.427. The molecule has 1 unspecified atom stereocenters. The third-order valence-electron chi connectivity index (χ3n) is 4.52. The van der Waals surface area contributed by atoms with Gasteiger partial charge in [0.2, 0.25) is 0 Å². The van der Waals surface area contributed by atoms with Gasteiger partial charge in [-0.1, -0.05) is 18.2 Å². The van der Waals surface area contributed by atoms with Crippen LogP contribution in [-0.4, -0.2) is 39.9 Å². The van der Waals surface area contributed by atoms with E-state index < -0.39 is 0 Å². The number of hydrogen-bond acceptors (Lipinski definition) is 4. The number of guanidine groups is 1. The normalized spacial score (nSPS) is 12.5. The second-order valence-electron chi connectivity index (χ2n) is 7.30. The van der Waals surface area contributed by atoms with Gasteiger partial charge < -0.3 is 15.4 Å². The largest absolute Gasteiger partial charge is 0.486 e. The highest BCUT2D eigenvalue weighted by Gasteiger charge is 2.09. The van der Waals surface area contributed by atoms with Gasteiger partial charge in [-0.2, -0.15) is 5.10 Å². The average molecular weight is 425 g/mol. The molecule has 0 saturated carbocycles. The number of aliphatic imine (C=N–C) groups is 1. The molecule has 0 saturated heterocycles. The Morgan fingerprint density at radius 3 is 2.65 bits per heavy atom. The summed E-state index contributed by atoms with van der Waals surface area (Å²) >= 11 is 0. The molecule has 0 radical (unpaired) electrons. The van der Waals surface area contributed by atoms with Gasteiger partial charge in [0.25, 0.3) is 0 Å². The number of hydrogen-bond donors (Lipinski definition) is 2. The number of nitrogens with zero attached hydrogens (tertiary/aromatic N) is 4. The predicted octanol–water partition coefficient (Wildman–Crippen LogP) is 3.55. The molecule has 3 aromatic rings. The lowest BCUT2D eigenvalue weighted by Crippen LogP contribution is -2.41. The standard InChI is InChI=1S/C23H29FN6O/c1-5-25-23(27-13-18(4)31-21-9-7-6-8-20(21)24)28-15-19-10-11-22(26-14-19)30-17(3)12-16(2)29-30/h6-12,14,18H,5,13,15H2,1-4H3,(H2,25,27,28). The van der Waals surface area contributed by atoms with E-state index >= 15 is 0 Å². The molecule has 0 bridgehead atoms. The van der Waals surface area contributed by atoms with Gasteiger partial charge in [0.1, 0.15) is 6.10 Å². The van der Waals surface area contributed by atoms with Crippen molar-refractivity contribution in [1.29, 1.82) is 0 Å². The number of nitrogens with one attached hydrogen (secondary N) is 2. The summed E-state index contributed by atoms with van der Waals surface area (Å²) in [5, 5.41) is 10.9. The molecule has 0 fully saturated rings. The SMILES string of the molecule is CCNC(=NCc1ccc(-n2nc(C)cc2C)nc1)NCC(C)Oc1ccccc1F. The first-order valence-electron chi connectivity index (χ1n) is 10.4. The van der Waals surface area contributed by atoms with Crippen LogP contribution in [0.4, 0.5) is 4.39 Å². The van der Waals surface area contributed by atoms with E-state index in [4.69, 9.17) is 4.74 Å². The van der Waals surface area contributed by atoms with Crippen LogP contribution in [0.1, 0.15) is 30.8 Å². The summed E-state index contributed by atoms with van der Waals surface area (Å²) in [6.45, 7) is 9.53. The van der Waals surface area contributed by atoms with Crippen LogP contribution < -0.4 is 15.4 Å². The number of rotatable bonds is 8. The minimum absolute atomic E-state index is 0.234. The third-order valence-corrected chi connectivity index (χ3v) is 4.52. The molecule has 1 aromatic carbocycles. The van der Waals surface area contributed by atoms with Gasteiger partial charge in [-0.15, -0.1) is 0 Å². The predicted molar refractivity (Wildman–Crippen MR) is 120 cm³/mol. The first-order chi connectivity index (χ1) is 15.0. The van der Waals surface area contributed by atoms with Crippen molar-refractivity contribution in [3.8, 4) is 11.6 Å². The molecule has 0 spiro atoms. The van der Waals surface area contributed by atoms with E-state index in [1.807, 2.05) is 56.8 Å². The van der Waals surface area contributed by atoms with Gasteiger partial charge in [0.15, 0.2) is 23.3 Å². The van der Waals surface area contributed by atoms with E-state index in [1.165, 1.54) is 6.07 Å². The zero-order chi connectivity index (χ0) is 22.2. The summed E-state index contributed by atoms with van der Waals surface area (Å²) in [6, 6.07) is 12.3. The average Bonchev–Trinajstić information content (AvgIpc) is 3.10. The van der Waals surface area contributed by atoms with Gasteiger partial charge in [-0.3, -0.25) is 0 Å². The smallest absolute Gasteiger partial charge is 0.191 e. The monoisotopic (exact) mass is 424 g/mol. The van der Waals surface area contributed by atoms with Crippen LogP contribution in [0.2, 0.25) is 0 Å². The summed E-state index contributed by atoms with van der Waals surface area (Å²) in [7, 11) is 0. The van der Waals surface area contributed by atoms with Crippen molar-refractivity contribution in [3.63, 3.8) is 0 Å². The first-order valence-corrected chi connectivity index (χ1v) is 10.4. The van der Waals surface area contributed by atoms with E-state index in [-0.39, 0.29) is 17.7 Å². The van der Waals surface area contributed by atoms with Crippen LogP contribution in [0.15, 0.2) is 53.7 Å². The molecule has 0 aliphatic carbocycles. The van der Waals surface area contributed by atoms with Crippen LogP contribution in [0.25, 0.3) is 5.82 Å². The summed E-state index contributed by atoms with van der Waals surface area (Å²) in [5.41, 5.74) is 2.99. The second kappa shape index (κ2) is 10.6. The minimum Gasteiger partial charge on any atom is -0.486 e. The molecule has 2 N–H and O–H groups in total. The van der Waals surface area contributed by atoms with Crippen molar-refractivity contribution < 1.29 is 9.13 Å². The molecule has 2 aromatic heterocycles. The van der Waals surface area contributed by atoms with Gasteiger partial charge >= 0.3 is 0 Å². The Labute approximate surface area is 182 Å². The number of aromatic nitrogens is 3. The topological polar surface area (TPSA) is 76.4 Å². The van der Waals surface area contributed by atoms with Crippen molar-refractivity contribution in [2.24, 2.45) is 4.99 Å². The molecule has 8 heteroatoms. The van der Waals surface area contributed by atoms with E-state index in [0.717, 1.165) is 29.3 Å². The third kappa shape index (κ3) is 6.28. The molecule has 164 valence electrons. The number of pyridine rings is 1. The molecule has 31 heavy (non-hydrogen) atoms. The molecule has 1 atom stereocenters. The van der Waals surface area contributed by atoms with E-state index in [9.17, 15) is 4.39 Å². The Balaban J connectivity index is 1.57. The van der Waals surface area contributed by atoms with E-state index in [1.54, 1.807) is 18.2 Å². The van der Waals surface area contributed by atoms with Crippen molar-refractivity contribution in [3.05, 3.63) is 71.4 Å². The molecule has 0 aliphatic heterocycles. The maximum Gasteiger partial charge on any atom is 0.191 e. The highest BCUT2D eigenvalue weighted by atomic mass is 19.1. The maximum atomic E-state index is 13.7. The fourth-order valence-electron chi connectivity index (χ4n) is 3.05. The lowest BCUT2D eigenvalue weighted by molar-refractivity contribution is 0.214. The lowest BCUT2D eigenvalue weighted by Gasteiger charge is -2.18. The van der Waals surface area contributed by atoms with Crippen molar-refractivity contribution in [1.82, 2.24) is 25.4 Å². The zero-order valence-electron chi connectivity index (χ0n) is 18.4. The van der Waals surface area contributed by atoms with Crippen molar-refractivity contribution in [2.75, 3.05) is 13.1 Å². The van der Waals surface area contributed by atoms with Crippen LogP contribution >= 0.6 is 0 Å². The fraction of sp³-hybridized carbons (Fsp3) is 0.348. The van der Waals surface area contributed by atoms with Crippen LogP contribution in [-0.2, 0) is 6.54 Å². The maximum absolute atomic E-state index is 13.7. The first kappa shape index (κ1) is 22.3. The number of ether oxygens (including phenoxy) is 1. The van der Waals surface area contributed by atoms with Gasteiger partial charge in [0, 0.05) is 18.4 Å². The van der Waals surface area contributed by atoms with Crippen LogP contribution in [0.5, 0.6) is 5.75 Å². The Hall–Kier alpha value is -3.42. The van der Waals surface area contributed by atoms with Gasteiger partial charge in [-0.05, 0) is 57.5 Å². The van der Waals surface area contributed by atoms with E-state index in [0.29, 0.717) is 19.0 Å². The van der Waals surface area contributed by atoms with Crippen molar-refractivity contribution in [2.45, 2.75) is 40.3 Å². The Bertz CT molecular complexity index is 1020. The number of para-hydroxylation sites is 1. The molecule has 3 rings (SSSR count). The lowest BCUT2D eigenvalue weighted by atomic mass is 10.3. The van der Waals surface area contributed by atoms with Gasteiger partial charge in [0.05, 0.1) is 18.8 Å². The van der Waals surface area contributed by atoms with Gasteiger partial charge in [-0.25, -0.2) is 19.0 Å². The number of aryl methyl sites for hydroxylation is 2. The highest BCUT2D eigenvalue weighted by Crippen LogP contribution is 2.16. The molecule has 2 heterocycles. The Morgan fingerprint density at radius 1 is 1.19 bits per heavy atom. The number of halogens is 1. The number of benzene rings is 1. The molecule has 7 nitrogen and oxygen atoms in total. The molecular weight excluding hydrogens is 395 g/mol. The second-order valence-corrected chi connectivity index (χ2v) is 7.30. The Morgan fingerprint density at radius 2 is 2.00 bits per heavy atom.